The first-order valence-electron chi connectivity index (χ1n) is 9.95. The second-order valence-corrected chi connectivity index (χ2v) is 10.9. The van der Waals surface area contributed by atoms with E-state index in [1.165, 1.54) is 22.5 Å². The number of nitrogens with zero attached hydrogens (tertiary/aromatic N) is 4. The second kappa shape index (κ2) is 8.57. The highest BCUT2D eigenvalue weighted by Crippen LogP contribution is 2.36. The number of thiazole rings is 1. The first kappa shape index (κ1) is 22.3. The fourth-order valence-electron chi connectivity index (χ4n) is 3.49. The van der Waals surface area contributed by atoms with Gasteiger partial charge in [-0.3, -0.25) is 4.79 Å². The summed E-state index contributed by atoms with van der Waals surface area (Å²) in [4.78, 5) is 27.2. The van der Waals surface area contributed by atoms with Crippen LogP contribution in [0.5, 0.6) is 0 Å². The van der Waals surface area contributed by atoms with Gasteiger partial charge in [-0.05, 0) is 17.7 Å². The summed E-state index contributed by atoms with van der Waals surface area (Å²) in [5.74, 6) is 0.0164. The summed E-state index contributed by atoms with van der Waals surface area (Å²) in [6, 6.07) is 8.99. The summed E-state index contributed by atoms with van der Waals surface area (Å²) in [5, 5.41) is 16.4. The molecule has 32 heavy (non-hydrogen) atoms. The van der Waals surface area contributed by atoms with Gasteiger partial charge in [0.15, 0.2) is 5.60 Å². The van der Waals surface area contributed by atoms with Crippen molar-refractivity contribution in [2.75, 3.05) is 37.5 Å². The number of anilines is 1. The number of carbonyl (C=O) groups excluding carboxylic acids is 1. The highest BCUT2D eigenvalue weighted by Gasteiger charge is 2.45. The van der Waals surface area contributed by atoms with Crippen molar-refractivity contribution in [3.63, 3.8) is 0 Å². The van der Waals surface area contributed by atoms with Gasteiger partial charge in [0.05, 0.1) is 11.4 Å². The van der Waals surface area contributed by atoms with Crippen LogP contribution in [0.3, 0.4) is 0 Å². The molecular weight excluding hydrogens is 450 g/mol. The minimum absolute atomic E-state index is 0.0115. The lowest BCUT2D eigenvalue weighted by molar-refractivity contribution is -0.143. The highest BCUT2D eigenvalue weighted by atomic mass is 32.2. The zero-order chi connectivity index (χ0) is 22.9. The molecule has 0 unspecified atom stereocenters. The lowest BCUT2D eigenvalue weighted by Crippen LogP contribution is -2.36. The number of rotatable bonds is 7. The van der Waals surface area contributed by atoms with Gasteiger partial charge in [-0.15, -0.1) is 11.3 Å². The van der Waals surface area contributed by atoms with Crippen molar-refractivity contribution in [1.29, 1.82) is 0 Å². The van der Waals surface area contributed by atoms with Gasteiger partial charge in [0.2, 0.25) is 5.95 Å². The Morgan fingerprint density at radius 1 is 1.25 bits per heavy atom. The van der Waals surface area contributed by atoms with Crippen molar-refractivity contribution < 1.29 is 18.3 Å². The maximum Gasteiger partial charge on any atom is 0.258 e. The number of aliphatic hydroxyl groups is 1. The number of aromatic nitrogens is 3. The van der Waals surface area contributed by atoms with E-state index in [0.717, 1.165) is 10.6 Å². The fraction of sp³-hybridized carbons (Fsp3) is 0.333. The van der Waals surface area contributed by atoms with E-state index >= 15 is 0 Å². The number of sulfone groups is 1. The molecule has 1 atom stereocenters. The van der Waals surface area contributed by atoms with E-state index in [9.17, 15) is 18.3 Å². The van der Waals surface area contributed by atoms with E-state index in [4.69, 9.17) is 0 Å². The third kappa shape index (κ3) is 4.64. The third-order valence-electron chi connectivity index (χ3n) is 5.27. The van der Waals surface area contributed by atoms with Gasteiger partial charge in [-0.2, -0.15) is 0 Å². The largest absolute Gasteiger partial charge is 0.375 e. The maximum absolute atomic E-state index is 12.4. The average molecular weight is 474 g/mol. The molecule has 4 rings (SSSR count). The normalized spacial score (nSPS) is 18.8. The number of nitrogens with one attached hydrogen (secondary N) is 1. The van der Waals surface area contributed by atoms with Crippen LogP contribution in [0, 0.1) is 0 Å². The van der Waals surface area contributed by atoms with Crippen LogP contribution in [0.2, 0.25) is 0 Å². The topological polar surface area (TPSA) is 125 Å². The van der Waals surface area contributed by atoms with E-state index in [0.29, 0.717) is 35.9 Å². The van der Waals surface area contributed by atoms with Crippen LogP contribution in [0.15, 0.2) is 41.9 Å². The Hall–Kier alpha value is -2.89. The Kier molecular flexibility index (Phi) is 5.97. The van der Waals surface area contributed by atoms with Gasteiger partial charge in [0, 0.05) is 50.0 Å². The summed E-state index contributed by atoms with van der Waals surface area (Å²) in [5.41, 5.74) is 1.10. The fourth-order valence-corrected chi connectivity index (χ4v) is 4.77. The van der Waals surface area contributed by atoms with Crippen LogP contribution in [0.1, 0.15) is 12.0 Å². The lowest BCUT2D eigenvalue weighted by Gasteiger charge is -2.21. The van der Waals surface area contributed by atoms with E-state index < -0.39 is 15.4 Å². The standard InChI is InChI=1S/C21H23N5O4S2/c1-26-10-7-21(28,19(26)27)15-5-3-4-14(12-15)18-24-17(13-31-18)16-6-8-22-20(25-16)23-9-11-32(2,29)30/h3-6,8,12-13,28H,7,9-11H2,1-2H3,(H,22,23,25)/t21-/m1/s1. The Bertz CT molecular complexity index is 1260. The molecule has 9 nitrogen and oxygen atoms in total. The molecule has 1 fully saturated rings. The van der Waals surface area contributed by atoms with Crippen LogP contribution < -0.4 is 5.32 Å². The van der Waals surface area contributed by atoms with Crippen molar-refractivity contribution in [2.24, 2.45) is 0 Å². The number of likely N-dealkylation sites (N-methyl/N-ethyl adjacent to an activating group) is 1. The number of amides is 1. The number of hydrogen-bond donors (Lipinski definition) is 2. The molecular formula is C21H23N5O4S2. The Morgan fingerprint density at radius 2 is 2.06 bits per heavy atom. The molecule has 11 heteroatoms. The first-order chi connectivity index (χ1) is 15.2. The van der Waals surface area contributed by atoms with E-state index in [2.05, 4.69) is 20.3 Å². The van der Waals surface area contributed by atoms with Crippen molar-refractivity contribution in [1.82, 2.24) is 19.9 Å². The summed E-state index contributed by atoms with van der Waals surface area (Å²) in [6.07, 6.45) is 3.12. The molecule has 1 amide bonds. The maximum atomic E-state index is 12.4. The molecule has 0 saturated carbocycles. The molecule has 0 bridgehead atoms. The second-order valence-electron chi connectivity index (χ2n) is 7.78. The molecule has 168 valence electrons. The average Bonchev–Trinajstić information content (AvgIpc) is 3.35. The molecule has 2 N–H and O–H groups in total. The summed E-state index contributed by atoms with van der Waals surface area (Å²) in [7, 11) is -1.39. The van der Waals surface area contributed by atoms with Crippen LogP contribution in [-0.2, 0) is 20.2 Å². The summed E-state index contributed by atoms with van der Waals surface area (Å²) >= 11 is 1.43. The minimum atomic E-state index is -3.07. The Morgan fingerprint density at radius 3 is 2.78 bits per heavy atom. The molecule has 3 heterocycles. The predicted octanol–water partition coefficient (Wildman–Crippen LogP) is 1.77. The first-order valence-corrected chi connectivity index (χ1v) is 12.9. The molecule has 1 saturated heterocycles. The van der Waals surface area contributed by atoms with Crippen molar-refractivity contribution in [3.05, 3.63) is 47.5 Å². The summed E-state index contributed by atoms with van der Waals surface area (Å²) in [6.45, 7) is 0.726. The molecule has 0 spiro atoms. The van der Waals surface area contributed by atoms with Gasteiger partial charge in [0.25, 0.3) is 5.91 Å². The van der Waals surface area contributed by atoms with Gasteiger partial charge >= 0.3 is 0 Å². The van der Waals surface area contributed by atoms with Crippen LogP contribution >= 0.6 is 11.3 Å². The van der Waals surface area contributed by atoms with Gasteiger partial charge in [-0.25, -0.2) is 23.4 Å². The Balaban J connectivity index is 1.55. The molecule has 1 aliphatic rings. The predicted molar refractivity (Wildman–Crippen MR) is 123 cm³/mol. The molecule has 3 aromatic rings. The van der Waals surface area contributed by atoms with E-state index in [-0.39, 0.29) is 18.2 Å². The smallest absolute Gasteiger partial charge is 0.258 e. The van der Waals surface area contributed by atoms with Crippen molar-refractivity contribution >= 4 is 33.0 Å². The van der Waals surface area contributed by atoms with E-state index in [1.807, 2.05) is 17.5 Å². The summed E-state index contributed by atoms with van der Waals surface area (Å²) < 4.78 is 22.6. The van der Waals surface area contributed by atoms with E-state index in [1.54, 1.807) is 31.4 Å². The monoisotopic (exact) mass is 473 g/mol. The molecule has 1 aromatic carbocycles. The van der Waals surface area contributed by atoms with Crippen molar-refractivity contribution in [3.8, 4) is 22.0 Å². The van der Waals surface area contributed by atoms with Crippen molar-refractivity contribution in [2.45, 2.75) is 12.0 Å². The zero-order valence-corrected chi connectivity index (χ0v) is 19.3. The van der Waals surface area contributed by atoms with Crippen LogP contribution in [0.4, 0.5) is 5.95 Å². The number of carbonyl (C=O) groups is 1. The molecule has 2 aromatic heterocycles. The zero-order valence-electron chi connectivity index (χ0n) is 17.6. The third-order valence-corrected chi connectivity index (χ3v) is 7.11. The SMILES string of the molecule is CN1CC[C@@](O)(c2cccc(-c3nc(-c4ccnc(NCCS(C)(=O)=O)n4)cs3)c2)C1=O. The van der Waals surface area contributed by atoms with Crippen LogP contribution in [-0.4, -0.2) is 71.4 Å². The van der Waals surface area contributed by atoms with Gasteiger partial charge in [-0.1, -0.05) is 18.2 Å². The highest BCUT2D eigenvalue weighted by molar-refractivity contribution is 7.90. The minimum Gasteiger partial charge on any atom is -0.375 e. The number of likely N-dealkylation sites (tertiary alicyclic amines) is 1. The lowest BCUT2D eigenvalue weighted by atomic mass is 9.91. The molecule has 0 aliphatic carbocycles. The van der Waals surface area contributed by atoms with Gasteiger partial charge in [0.1, 0.15) is 20.5 Å². The number of benzene rings is 1. The number of hydrogen-bond acceptors (Lipinski definition) is 9. The molecule has 0 radical (unpaired) electrons. The van der Waals surface area contributed by atoms with Gasteiger partial charge < -0.3 is 15.3 Å². The quantitative estimate of drug-likeness (QED) is 0.532. The Labute approximate surface area is 190 Å². The molecule has 1 aliphatic heterocycles. The van der Waals surface area contributed by atoms with Crippen LogP contribution in [0.25, 0.3) is 22.0 Å².